The predicted octanol–water partition coefficient (Wildman–Crippen LogP) is 4.40. The summed E-state index contributed by atoms with van der Waals surface area (Å²) in [6.45, 7) is 2.11. The number of pyridine rings is 1. The molecule has 1 aliphatic rings. The van der Waals surface area contributed by atoms with E-state index in [-0.39, 0.29) is 0 Å². The number of benzene rings is 1. The Hall–Kier alpha value is -2.66. The van der Waals surface area contributed by atoms with Crippen LogP contribution in [0.3, 0.4) is 0 Å². The van der Waals surface area contributed by atoms with Crippen LogP contribution >= 0.6 is 11.6 Å². The number of halogens is 1. The number of anilines is 1. The summed E-state index contributed by atoms with van der Waals surface area (Å²) in [4.78, 5) is 19.0. The quantitative estimate of drug-likeness (QED) is 0.744. The molecule has 1 aromatic carbocycles. The van der Waals surface area contributed by atoms with E-state index in [2.05, 4.69) is 28.0 Å². The van der Waals surface area contributed by atoms with E-state index in [4.69, 9.17) is 16.6 Å². The molecule has 2 aromatic heterocycles. The first-order chi connectivity index (χ1) is 12.0. The Morgan fingerprint density at radius 1 is 1.24 bits per heavy atom. The van der Waals surface area contributed by atoms with E-state index >= 15 is 0 Å². The van der Waals surface area contributed by atoms with E-state index in [1.54, 1.807) is 0 Å². The minimum Gasteiger partial charge on any atom is -0.346 e. The second-order valence-corrected chi connectivity index (χ2v) is 6.82. The molecule has 1 N–H and O–H groups in total. The number of hydrogen-bond donors (Lipinski definition) is 1. The standard InChI is InChI=1S/C19H18ClN5/c1-19(14-10-13-6-8-21-17(13)23-12-14)7-9-22-18(24-19)25(2)16-5-3-4-15(20)11-16/h3-6,8-12H,7H2,1-2H3,(H,21,23). The molecule has 0 bridgehead atoms. The minimum absolute atomic E-state index is 0.400. The van der Waals surface area contributed by atoms with Crippen molar-refractivity contribution in [3.63, 3.8) is 0 Å². The number of nitrogens with zero attached hydrogens (tertiary/aromatic N) is 4. The highest BCUT2D eigenvalue weighted by Gasteiger charge is 2.30. The number of aromatic amines is 1. The average molecular weight is 352 g/mol. The molecule has 0 amide bonds. The Kier molecular flexibility index (Phi) is 3.81. The molecule has 0 radical (unpaired) electrons. The van der Waals surface area contributed by atoms with Crippen molar-refractivity contribution in [1.82, 2.24) is 9.97 Å². The number of hydrogen-bond acceptors (Lipinski definition) is 4. The van der Waals surface area contributed by atoms with Crippen LogP contribution in [0.4, 0.5) is 5.69 Å². The third-order valence-electron chi connectivity index (χ3n) is 4.56. The van der Waals surface area contributed by atoms with Crippen molar-refractivity contribution in [3.05, 3.63) is 59.4 Å². The zero-order valence-corrected chi connectivity index (χ0v) is 14.8. The van der Waals surface area contributed by atoms with Gasteiger partial charge in [-0.25, -0.2) is 15.0 Å². The fraction of sp³-hybridized carbons (Fsp3) is 0.211. The Morgan fingerprint density at radius 2 is 2.12 bits per heavy atom. The third kappa shape index (κ3) is 2.91. The predicted molar refractivity (Wildman–Crippen MR) is 104 cm³/mol. The van der Waals surface area contributed by atoms with Gasteiger partial charge in [0.25, 0.3) is 0 Å². The summed E-state index contributed by atoms with van der Waals surface area (Å²) in [5.41, 5.74) is 2.51. The van der Waals surface area contributed by atoms with E-state index in [1.807, 2.05) is 60.9 Å². The molecule has 4 rings (SSSR count). The Labute approximate surface area is 151 Å². The summed E-state index contributed by atoms with van der Waals surface area (Å²) in [5, 5.41) is 1.77. The van der Waals surface area contributed by atoms with Gasteiger partial charge in [-0.3, -0.25) is 0 Å². The Morgan fingerprint density at radius 3 is 2.96 bits per heavy atom. The van der Waals surface area contributed by atoms with Crippen LogP contribution in [0, 0.1) is 0 Å². The lowest BCUT2D eigenvalue weighted by Crippen LogP contribution is -2.33. The zero-order valence-electron chi connectivity index (χ0n) is 14.1. The Balaban J connectivity index is 1.72. The van der Waals surface area contributed by atoms with Gasteiger partial charge >= 0.3 is 0 Å². The summed E-state index contributed by atoms with van der Waals surface area (Å²) in [6.07, 6.45) is 6.44. The van der Waals surface area contributed by atoms with Crippen molar-refractivity contribution in [2.75, 3.05) is 11.9 Å². The maximum atomic E-state index is 6.11. The molecular weight excluding hydrogens is 334 g/mol. The fourth-order valence-corrected chi connectivity index (χ4v) is 3.16. The van der Waals surface area contributed by atoms with Gasteiger partial charge < -0.3 is 9.88 Å². The number of H-pyrrole nitrogens is 1. The second-order valence-electron chi connectivity index (χ2n) is 6.38. The van der Waals surface area contributed by atoms with Gasteiger partial charge in [0.1, 0.15) is 5.65 Å². The van der Waals surface area contributed by atoms with Gasteiger partial charge in [-0.15, -0.1) is 0 Å². The number of fused-ring (bicyclic) bond motifs is 1. The van der Waals surface area contributed by atoms with Gasteiger partial charge in [0.2, 0.25) is 5.96 Å². The van der Waals surface area contributed by atoms with E-state index in [0.717, 1.165) is 28.7 Å². The molecule has 6 heteroatoms. The first-order valence-electron chi connectivity index (χ1n) is 8.10. The molecule has 1 atom stereocenters. The van der Waals surface area contributed by atoms with Crippen molar-refractivity contribution in [2.24, 2.45) is 9.98 Å². The first kappa shape index (κ1) is 15.8. The lowest BCUT2D eigenvalue weighted by molar-refractivity contribution is 0.516. The summed E-state index contributed by atoms with van der Waals surface area (Å²) in [6, 6.07) is 11.8. The Bertz CT molecular complexity index is 990. The number of rotatable bonds is 2. The highest BCUT2D eigenvalue weighted by atomic mass is 35.5. The van der Waals surface area contributed by atoms with Crippen LogP contribution in [0.15, 0.2) is 58.8 Å². The van der Waals surface area contributed by atoms with Gasteiger partial charge in [-0.1, -0.05) is 17.7 Å². The van der Waals surface area contributed by atoms with E-state index < -0.39 is 5.54 Å². The largest absolute Gasteiger partial charge is 0.346 e. The summed E-state index contributed by atoms with van der Waals surface area (Å²) in [7, 11) is 1.95. The molecule has 1 aliphatic heterocycles. The van der Waals surface area contributed by atoms with Crippen molar-refractivity contribution in [1.29, 1.82) is 0 Å². The molecule has 0 aliphatic carbocycles. The summed E-state index contributed by atoms with van der Waals surface area (Å²) < 4.78 is 0. The smallest absolute Gasteiger partial charge is 0.225 e. The lowest BCUT2D eigenvalue weighted by atomic mass is 9.90. The van der Waals surface area contributed by atoms with Gasteiger partial charge in [0.15, 0.2) is 0 Å². The number of nitrogens with one attached hydrogen (secondary N) is 1. The highest BCUT2D eigenvalue weighted by molar-refractivity contribution is 6.31. The van der Waals surface area contributed by atoms with Crippen LogP contribution < -0.4 is 4.90 Å². The fourth-order valence-electron chi connectivity index (χ4n) is 2.98. The SMILES string of the molecule is CN(C1=NC(C)(c2cnc3[nH]ccc3c2)CC=N1)c1cccc(Cl)c1. The van der Waals surface area contributed by atoms with Crippen LogP contribution in [0.25, 0.3) is 11.0 Å². The molecule has 1 unspecified atom stereocenters. The molecule has 25 heavy (non-hydrogen) atoms. The molecule has 5 nitrogen and oxygen atoms in total. The molecule has 126 valence electrons. The zero-order chi connectivity index (χ0) is 17.4. The van der Waals surface area contributed by atoms with Gasteiger partial charge in [-0.05, 0) is 42.8 Å². The van der Waals surface area contributed by atoms with E-state index in [1.165, 1.54) is 0 Å². The maximum Gasteiger partial charge on any atom is 0.225 e. The minimum atomic E-state index is -0.400. The van der Waals surface area contributed by atoms with Crippen LogP contribution in [0.2, 0.25) is 5.02 Å². The van der Waals surface area contributed by atoms with Gasteiger partial charge in [-0.2, -0.15) is 0 Å². The summed E-state index contributed by atoms with van der Waals surface area (Å²) >= 11 is 6.11. The normalized spacial score (nSPS) is 19.9. The first-order valence-corrected chi connectivity index (χ1v) is 8.48. The molecule has 0 fully saturated rings. The van der Waals surface area contributed by atoms with Crippen molar-refractivity contribution >= 4 is 40.5 Å². The molecule has 0 saturated carbocycles. The number of aliphatic imine (C=N–C) groups is 2. The van der Waals surface area contributed by atoms with Crippen LogP contribution in [-0.2, 0) is 5.54 Å². The molecule has 3 aromatic rings. The number of guanidine groups is 1. The molecular formula is C19H18ClN5. The van der Waals surface area contributed by atoms with E-state index in [0.29, 0.717) is 11.0 Å². The lowest BCUT2D eigenvalue weighted by Gasteiger charge is -2.30. The van der Waals surface area contributed by atoms with Crippen molar-refractivity contribution in [2.45, 2.75) is 18.9 Å². The average Bonchev–Trinajstić information content (AvgIpc) is 3.09. The van der Waals surface area contributed by atoms with Crippen LogP contribution in [0.1, 0.15) is 18.9 Å². The van der Waals surface area contributed by atoms with Crippen LogP contribution in [0.5, 0.6) is 0 Å². The topological polar surface area (TPSA) is 56.6 Å². The van der Waals surface area contributed by atoms with E-state index in [9.17, 15) is 0 Å². The van der Waals surface area contributed by atoms with Crippen molar-refractivity contribution in [3.8, 4) is 0 Å². The molecule has 0 saturated heterocycles. The molecule has 3 heterocycles. The second kappa shape index (κ2) is 6.01. The molecule has 0 spiro atoms. The highest BCUT2D eigenvalue weighted by Crippen LogP contribution is 2.33. The van der Waals surface area contributed by atoms with Gasteiger partial charge in [0.05, 0.1) is 5.54 Å². The number of aromatic nitrogens is 2. The van der Waals surface area contributed by atoms with Gasteiger partial charge in [0, 0.05) is 48.2 Å². The van der Waals surface area contributed by atoms with Crippen LogP contribution in [-0.4, -0.2) is 29.2 Å². The third-order valence-corrected chi connectivity index (χ3v) is 4.79. The monoisotopic (exact) mass is 351 g/mol. The maximum absolute atomic E-state index is 6.11. The summed E-state index contributed by atoms with van der Waals surface area (Å²) in [5.74, 6) is 0.658. The van der Waals surface area contributed by atoms with Crippen molar-refractivity contribution < 1.29 is 0 Å².